The van der Waals surface area contributed by atoms with Crippen molar-refractivity contribution in [3.8, 4) is 0 Å². The molecule has 0 spiro atoms. The van der Waals surface area contributed by atoms with Gasteiger partial charge in [0.05, 0.1) is 13.2 Å². The summed E-state index contributed by atoms with van der Waals surface area (Å²) in [5.74, 6) is 0.644. The third kappa shape index (κ3) is 2.69. The van der Waals surface area contributed by atoms with Crippen LogP contribution in [-0.2, 0) is 9.47 Å². The molecule has 3 atom stereocenters. The number of hydrogen-bond acceptors (Lipinski definition) is 3. The molecule has 0 aromatic rings. The summed E-state index contributed by atoms with van der Waals surface area (Å²) >= 11 is 0. The average Bonchev–Trinajstić information content (AvgIpc) is 2.23. The van der Waals surface area contributed by atoms with Crippen LogP contribution in [0, 0.1) is 5.92 Å². The lowest BCUT2D eigenvalue weighted by molar-refractivity contribution is 0.0187. The number of ether oxygens (including phenoxy) is 2. The molecule has 0 amide bonds. The standard InChI is InChI=1S/C11H21NO2/c1-9-7-14-6-4-11(9)12-10-3-2-5-13-8-10/h9-12H,2-8H2,1H3/t9?,10-,11?/m1/s1. The van der Waals surface area contributed by atoms with Gasteiger partial charge in [0, 0.05) is 25.3 Å². The molecule has 2 aliphatic rings. The van der Waals surface area contributed by atoms with Crippen molar-refractivity contribution in [2.45, 2.75) is 38.3 Å². The summed E-state index contributed by atoms with van der Waals surface area (Å²) in [6.07, 6.45) is 3.62. The Morgan fingerprint density at radius 1 is 1.07 bits per heavy atom. The second kappa shape index (κ2) is 5.10. The zero-order chi connectivity index (χ0) is 9.80. The van der Waals surface area contributed by atoms with Gasteiger partial charge in [0.25, 0.3) is 0 Å². The van der Waals surface area contributed by atoms with E-state index in [2.05, 4.69) is 12.2 Å². The van der Waals surface area contributed by atoms with Gasteiger partial charge < -0.3 is 14.8 Å². The second-order valence-electron chi connectivity index (χ2n) is 4.53. The highest BCUT2D eigenvalue weighted by Gasteiger charge is 2.25. The quantitative estimate of drug-likeness (QED) is 0.724. The normalized spacial score (nSPS) is 39.6. The third-order valence-electron chi connectivity index (χ3n) is 3.25. The van der Waals surface area contributed by atoms with Gasteiger partial charge in [0.2, 0.25) is 0 Å². The minimum Gasteiger partial charge on any atom is -0.381 e. The molecule has 0 saturated carbocycles. The molecule has 0 aromatic carbocycles. The van der Waals surface area contributed by atoms with Crippen LogP contribution in [0.5, 0.6) is 0 Å². The Morgan fingerprint density at radius 2 is 1.93 bits per heavy atom. The molecule has 3 nitrogen and oxygen atoms in total. The Morgan fingerprint density at radius 3 is 2.64 bits per heavy atom. The summed E-state index contributed by atoms with van der Waals surface area (Å²) in [5.41, 5.74) is 0. The third-order valence-corrected chi connectivity index (χ3v) is 3.25. The maximum atomic E-state index is 5.47. The van der Waals surface area contributed by atoms with Gasteiger partial charge in [-0.05, 0) is 25.2 Å². The molecule has 2 rings (SSSR count). The first-order chi connectivity index (χ1) is 6.86. The first-order valence-corrected chi connectivity index (χ1v) is 5.78. The number of rotatable bonds is 2. The van der Waals surface area contributed by atoms with Crippen molar-refractivity contribution in [1.29, 1.82) is 0 Å². The molecule has 2 heterocycles. The minimum atomic E-state index is 0.578. The zero-order valence-corrected chi connectivity index (χ0v) is 9.00. The lowest BCUT2D eigenvalue weighted by Gasteiger charge is -2.34. The highest BCUT2D eigenvalue weighted by molar-refractivity contribution is 4.81. The van der Waals surface area contributed by atoms with Gasteiger partial charge in [-0.3, -0.25) is 0 Å². The Bertz CT molecular complexity index is 169. The van der Waals surface area contributed by atoms with Crippen LogP contribution in [0.2, 0.25) is 0 Å². The van der Waals surface area contributed by atoms with E-state index in [9.17, 15) is 0 Å². The van der Waals surface area contributed by atoms with E-state index in [1.165, 1.54) is 12.8 Å². The van der Waals surface area contributed by atoms with Gasteiger partial charge in [-0.2, -0.15) is 0 Å². The lowest BCUT2D eigenvalue weighted by atomic mass is 9.96. The van der Waals surface area contributed by atoms with Crippen LogP contribution in [-0.4, -0.2) is 38.5 Å². The molecule has 0 aliphatic carbocycles. The topological polar surface area (TPSA) is 30.5 Å². The van der Waals surface area contributed by atoms with Gasteiger partial charge in [0.1, 0.15) is 0 Å². The highest BCUT2D eigenvalue weighted by Crippen LogP contribution is 2.16. The van der Waals surface area contributed by atoms with Crippen LogP contribution in [0.1, 0.15) is 26.2 Å². The Balaban J connectivity index is 1.76. The predicted octanol–water partition coefficient (Wildman–Crippen LogP) is 1.18. The minimum absolute atomic E-state index is 0.578. The van der Waals surface area contributed by atoms with Crippen molar-refractivity contribution in [1.82, 2.24) is 5.32 Å². The average molecular weight is 199 g/mol. The van der Waals surface area contributed by atoms with Crippen molar-refractivity contribution in [3.63, 3.8) is 0 Å². The molecule has 82 valence electrons. The molecule has 1 N–H and O–H groups in total. The first-order valence-electron chi connectivity index (χ1n) is 5.78. The van der Waals surface area contributed by atoms with Crippen molar-refractivity contribution < 1.29 is 9.47 Å². The predicted molar refractivity (Wildman–Crippen MR) is 55.4 cm³/mol. The van der Waals surface area contributed by atoms with E-state index in [4.69, 9.17) is 9.47 Å². The second-order valence-corrected chi connectivity index (χ2v) is 4.53. The largest absolute Gasteiger partial charge is 0.381 e. The van der Waals surface area contributed by atoms with E-state index >= 15 is 0 Å². The highest BCUT2D eigenvalue weighted by atomic mass is 16.5. The maximum absolute atomic E-state index is 5.47. The smallest absolute Gasteiger partial charge is 0.0619 e. The molecule has 0 aromatic heterocycles. The van der Waals surface area contributed by atoms with Crippen LogP contribution < -0.4 is 5.32 Å². The van der Waals surface area contributed by atoms with Crippen molar-refractivity contribution >= 4 is 0 Å². The molecule has 14 heavy (non-hydrogen) atoms. The van der Waals surface area contributed by atoms with Crippen LogP contribution in [0.3, 0.4) is 0 Å². The Hall–Kier alpha value is -0.120. The van der Waals surface area contributed by atoms with Crippen LogP contribution >= 0.6 is 0 Å². The van der Waals surface area contributed by atoms with E-state index in [0.717, 1.165) is 32.8 Å². The Kier molecular flexibility index (Phi) is 3.79. The SMILES string of the molecule is CC1COCCC1N[C@@H]1CCCOC1. The summed E-state index contributed by atoms with van der Waals surface area (Å²) in [5, 5.41) is 3.70. The molecule has 0 bridgehead atoms. The van der Waals surface area contributed by atoms with Crippen molar-refractivity contribution in [3.05, 3.63) is 0 Å². The van der Waals surface area contributed by atoms with E-state index in [1.807, 2.05) is 0 Å². The summed E-state index contributed by atoms with van der Waals surface area (Å²) in [7, 11) is 0. The summed E-state index contributed by atoms with van der Waals surface area (Å²) in [6.45, 7) is 5.92. The van der Waals surface area contributed by atoms with Crippen LogP contribution in [0.25, 0.3) is 0 Å². The monoisotopic (exact) mass is 199 g/mol. The van der Waals surface area contributed by atoms with Gasteiger partial charge in [-0.15, -0.1) is 0 Å². The van der Waals surface area contributed by atoms with Crippen LogP contribution in [0.4, 0.5) is 0 Å². The summed E-state index contributed by atoms with van der Waals surface area (Å²) in [6, 6.07) is 1.21. The number of nitrogens with one attached hydrogen (secondary N) is 1. The van der Waals surface area contributed by atoms with Gasteiger partial charge in [-0.25, -0.2) is 0 Å². The summed E-state index contributed by atoms with van der Waals surface area (Å²) < 4.78 is 10.9. The first kappa shape index (κ1) is 10.4. The molecular weight excluding hydrogens is 178 g/mol. The zero-order valence-electron chi connectivity index (χ0n) is 9.00. The van der Waals surface area contributed by atoms with Gasteiger partial charge in [-0.1, -0.05) is 6.92 Å². The van der Waals surface area contributed by atoms with Crippen LogP contribution in [0.15, 0.2) is 0 Å². The van der Waals surface area contributed by atoms with Crippen molar-refractivity contribution in [2.24, 2.45) is 5.92 Å². The lowest BCUT2D eigenvalue weighted by Crippen LogP contribution is -2.49. The van der Waals surface area contributed by atoms with Gasteiger partial charge in [0.15, 0.2) is 0 Å². The van der Waals surface area contributed by atoms with Crippen molar-refractivity contribution in [2.75, 3.05) is 26.4 Å². The molecule has 2 unspecified atom stereocenters. The summed E-state index contributed by atoms with van der Waals surface area (Å²) in [4.78, 5) is 0. The van der Waals surface area contributed by atoms with Gasteiger partial charge >= 0.3 is 0 Å². The fourth-order valence-corrected chi connectivity index (χ4v) is 2.30. The molecule has 2 saturated heterocycles. The number of hydrogen-bond donors (Lipinski definition) is 1. The molecule has 3 heteroatoms. The van der Waals surface area contributed by atoms with E-state index in [0.29, 0.717) is 18.0 Å². The molecule has 2 fully saturated rings. The molecule has 2 aliphatic heterocycles. The molecule has 0 radical (unpaired) electrons. The molecular formula is C11H21NO2. The fourth-order valence-electron chi connectivity index (χ4n) is 2.30. The van der Waals surface area contributed by atoms with E-state index in [1.54, 1.807) is 0 Å². The Labute approximate surface area is 86.2 Å². The van der Waals surface area contributed by atoms with E-state index < -0.39 is 0 Å². The van der Waals surface area contributed by atoms with E-state index in [-0.39, 0.29) is 0 Å². The fraction of sp³-hybridized carbons (Fsp3) is 1.00. The maximum Gasteiger partial charge on any atom is 0.0619 e.